The summed E-state index contributed by atoms with van der Waals surface area (Å²) in [6.07, 6.45) is 0.497. The number of nitrogens with one attached hydrogen (secondary N) is 1. The number of aliphatic carboxylic acids is 1. The molecule has 0 saturated carbocycles. The van der Waals surface area contributed by atoms with E-state index in [1.54, 1.807) is 0 Å². The predicted octanol–water partition coefficient (Wildman–Crippen LogP) is 3.40. The van der Waals surface area contributed by atoms with Crippen LogP contribution in [-0.4, -0.2) is 66.4 Å². The van der Waals surface area contributed by atoms with Crippen molar-refractivity contribution in [2.24, 2.45) is 0 Å². The number of nitrogens with zero attached hydrogens (tertiary/aromatic N) is 1. The molecule has 2 amide bonds. The summed E-state index contributed by atoms with van der Waals surface area (Å²) in [7, 11) is 1.45. The third-order valence-electron chi connectivity index (χ3n) is 6.88. The molecule has 2 aromatic rings. The fourth-order valence-corrected chi connectivity index (χ4v) is 4.90. The molecule has 0 bridgehead atoms. The van der Waals surface area contributed by atoms with Crippen LogP contribution in [0, 0.1) is 0 Å². The SMILES string of the molecule is CCC[C@@H](NC(=O)OCC1c2ccccc2-c2ccccc21)C(=O)N(C)C1(C(=O)O)CCOC1. The molecule has 1 aliphatic heterocycles. The number of carbonyl (C=O) groups is 3. The smallest absolute Gasteiger partial charge is 0.407 e. The number of hydrogen-bond acceptors (Lipinski definition) is 5. The molecule has 4 rings (SSSR count). The molecule has 1 saturated heterocycles. The van der Waals surface area contributed by atoms with Crippen LogP contribution in [0.2, 0.25) is 0 Å². The quantitative estimate of drug-likeness (QED) is 0.618. The maximum atomic E-state index is 13.2. The summed E-state index contributed by atoms with van der Waals surface area (Å²) in [5.74, 6) is -1.67. The molecule has 8 nitrogen and oxygen atoms in total. The van der Waals surface area contributed by atoms with Crippen molar-refractivity contribution in [2.45, 2.75) is 43.7 Å². The molecule has 1 heterocycles. The number of ether oxygens (including phenoxy) is 2. The van der Waals surface area contributed by atoms with E-state index in [4.69, 9.17) is 9.47 Å². The number of carboxylic acid groups (broad SMARTS) is 1. The van der Waals surface area contributed by atoms with Crippen LogP contribution in [0.1, 0.15) is 43.2 Å². The Morgan fingerprint density at radius 2 is 1.76 bits per heavy atom. The average molecular weight is 467 g/mol. The lowest BCUT2D eigenvalue weighted by Crippen LogP contribution is -2.60. The molecule has 1 unspecified atom stereocenters. The second kappa shape index (κ2) is 9.85. The van der Waals surface area contributed by atoms with E-state index in [1.165, 1.54) is 11.9 Å². The van der Waals surface area contributed by atoms with Crippen LogP contribution in [0.5, 0.6) is 0 Å². The van der Waals surface area contributed by atoms with E-state index < -0.39 is 29.6 Å². The molecule has 8 heteroatoms. The van der Waals surface area contributed by atoms with Crippen LogP contribution in [0.15, 0.2) is 48.5 Å². The monoisotopic (exact) mass is 466 g/mol. The van der Waals surface area contributed by atoms with Gasteiger partial charge in [-0.05, 0) is 28.7 Å². The van der Waals surface area contributed by atoms with Crippen molar-refractivity contribution >= 4 is 18.0 Å². The van der Waals surface area contributed by atoms with Gasteiger partial charge in [-0.3, -0.25) is 4.79 Å². The first-order valence-electron chi connectivity index (χ1n) is 11.6. The number of likely N-dealkylation sites (N-methyl/N-ethyl adjacent to an activating group) is 1. The van der Waals surface area contributed by atoms with Crippen molar-refractivity contribution in [3.63, 3.8) is 0 Å². The minimum Gasteiger partial charge on any atom is -0.479 e. The standard InChI is InChI=1S/C26H30N2O6/c1-3-8-22(23(29)28(2)26(24(30)31)13-14-33-16-26)27-25(32)34-15-21-19-11-6-4-9-17(19)18-10-5-7-12-20(18)21/h4-7,9-12,21-22H,3,8,13-16H2,1-2H3,(H,27,32)(H,30,31)/t22-,26?/m1/s1. The molecule has 0 aromatic heterocycles. The van der Waals surface area contributed by atoms with Crippen LogP contribution in [-0.2, 0) is 19.1 Å². The van der Waals surface area contributed by atoms with Crippen molar-refractivity contribution in [2.75, 3.05) is 26.9 Å². The highest BCUT2D eigenvalue weighted by atomic mass is 16.5. The predicted molar refractivity (Wildman–Crippen MR) is 125 cm³/mol. The van der Waals surface area contributed by atoms with Gasteiger partial charge in [0.25, 0.3) is 0 Å². The van der Waals surface area contributed by atoms with E-state index >= 15 is 0 Å². The first-order valence-corrected chi connectivity index (χ1v) is 11.6. The number of amides is 2. The minimum absolute atomic E-state index is 0.0750. The van der Waals surface area contributed by atoms with Gasteiger partial charge in [0.2, 0.25) is 5.91 Å². The number of fused-ring (bicyclic) bond motifs is 3. The van der Waals surface area contributed by atoms with E-state index in [-0.39, 0.29) is 32.2 Å². The summed E-state index contributed by atoms with van der Waals surface area (Å²) in [5.41, 5.74) is 3.03. The Balaban J connectivity index is 1.44. The fraction of sp³-hybridized carbons (Fsp3) is 0.423. The van der Waals surface area contributed by atoms with E-state index in [2.05, 4.69) is 17.4 Å². The molecule has 180 valence electrons. The van der Waals surface area contributed by atoms with Gasteiger partial charge in [-0.2, -0.15) is 0 Å². The normalized spacial score (nSPS) is 19.7. The number of carboxylic acids is 1. The lowest BCUT2D eigenvalue weighted by molar-refractivity contribution is -0.158. The first kappa shape index (κ1) is 23.8. The van der Waals surface area contributed by atoms with Gasteiger partial charge in [0.05, 0.1) is 6.61 Å². The van der Waals surface area contributed by atoms with Crippen LogP contribution in [0.4, 0.5) is 4.79 Å². The summed E-state index contributed by atoms with van der Waals surface area (Å²) < 4.78 is 10.9. The summed E-state index contributed by atoms with van der Waals surface area (Å²) in [6, 6.07) is 15.2. The second-order valence-electron chi connectivity index (χ2n) is 8.85. The van der Waals surface area contributed by atoms with E-state index in [0.717, 1.165) is 22.3 Å². The van der Waals surface area contributed by atoms with Gasteiger partial charge in [0.15, 0.2) is 5.54 Å². The number of carbonyl (C=O) groups excluding carboxylic acids is 2. The van der Waals surface area contributed by atoms with E-state index in [9.17, 15) is 19.5 Å². The largest absolute Gasteiger partial charge is 0.479 e. The van der Waals surface area contributed by atoms with Gasteiger partial charge in [0.1, 0.15) is 12.6 Å². The lowest BCUT2D eigenvalue weighted by atomic mass is 9.95. The third-order valence-corrected chi connectivity index (χ3v) is 6.88. The molecule has 2 atom stereocenters. The number of benzene rings is 2. The van der Waals surface area contributed by atoms with Gasteiger partial charge in [-0.15, -0.1) is 0 Å². The lowest BCUT2D eigenvalue weighted by Gasteiger charge is -2.35. The van der Waals surface area contributed by atoms with E-state index in [0.29, 0.717) is 12.8 Å². The molecule has 0 spiro atoms. The maximum Gasteiger partial charge on any atom is 0.407 e. The molecule has 2 N–H and O–H groups in total. The van der Waals surface area contributed by atoms with Crippen molar-refractivity contribution in [1.29, 1.82) is 0 Å². The Hall–Kier alpha value is -3.39. The highest BCUT2D eigenvalue weighted by molar-refractivity contribution is 5.91. The highest BCUT2D eigenvalue weighted by Gasteiger charge is 2.49. The van der Waals surface area contributed by atoms with Crippen LogP contribution >= 0.6 is 0 Å². The van der Waals surface area contributed by atoms with Gasteiger partial charge in [0, 0.05) is 26.0 Å². The summed E-state index contributed by atoms with van der Waals surface area (Å²) in [6.45, 7) is 2.22. The van der Waals surface area contributed by atoms with Crippen LogP contribution < -0.4 is 5.32 Å². The third kappa shape index (κ3) is 4.25. The fourth-order valence-electron chi connectivity index (χ4n) is 4.90. The first-order chi connectivity index (χ1) is 16.4. The zero-order chi connectivity index (χ0) is 24.3. The Kier molecular flexibility index (Phi) is 6.88. The zero-order valence-corrected chi connectivity index (χ0v) is 19.5. The maximum absolute atomic E-state index is 13.2. The van der Waals surface area contributed by atoms with E-state index in [1.807, 2.05) is 43.3 Å². The Bertz CT molecular complexity index is 1030. The van der Waals surface area contributed by atoms with Gasteiger partial charge >= 0.3 is 12.1 Å². The van der Waals surface area contributed by atoms with Crippen LogP contribution in [0.25, 0.3) is 11.1 Å². The van der Waals surface area contributed by atoms with Crippen LogP contribution in [0.3, 0.4) is 0 Å². The van der Waals surface area contributed by atoms with Crippen molar-refractivity contribution < 1.29 is 29.0 Å². The molecule has 0 radical (unpaired) electrons. The Morgan fingerprint density at radius 1 is 1.15 bits per heavy atom. The van der Waals surface area contributed by atoms with Crippen molar-refractivity contribution in [3.05, 3.63) is 59.7 Å². The van der Waals surface area contributed by atoms with Crippen molar-refractivity contribution in [1.82, 2.24) is 10.2 Å². The van der Waals surface area contributed by atoms with Gasteiger partial charge in [-0.1, -0.05) is 61.9 Å². The summed E-state index contributed by atoms with van der Waals surface area (Å²) >= 11 is 0. The average Bonchev–Trinajstić information content (AvgIpc) is 3.46. The second-order valence-corrected chi connectivity index (χ2v) is 8.85. The molecular formula is C26H30N2O6. The van der Waals surface area contributed by atoms with Crippen molar-refractivity contribution in [3.8, 4) is 11.1 Å². The van der Waals surface area contributed by atoms with Gasteiger partial charge in [-0.25, -0.2) is 9.59 Å². The molecule has 34 heavy (non-hydrogen) atoms. The molecular weight excluding hydrogens is 436 g/mol. The topological polar surface area (TPSA) is 105 Å². The highest BCUT2D eigenvalue weighted by Crippen LogP contribution is 2.44. The Labute approximate surface area is 198 Å². The number of rotatable bonds is 8. The molecule has 1 aliphatic carbocycles. The Morgan fingerprint density at radius 3 is 2.29 bits per heavy atom. The molecule has 1 fully saturated rings. The summed E-state index contributed by atoms with van der Waals surface area (Å²) in [4.78, 5) is 39.1. The van der Waals surface area contributed by atoms with Gasteiger partial charge < -0.3 is 24.8 Å². The minimum atomic E-state index is -1.42. The number of hydrogen-bond donors (Lipinski definition) is 2. The zero-order valence-electron chi connectivity index (χ0n) is 19.5. The molecule has 2 aromatic carbocycles. The molecule has 2 aliphatic rings. The summed E-state index contributed by atoms with van der Waals surface area (Å²) in [5, 5.41) is 12.4. The number of alkyl carbamates (subject to hydrolysis) is 1.